The minimum absolute atomic E-state index is 0.509. The summed E-state index contributed by atoms with van der Waals surface area (Å²) in [4.78, 5) is 0. The Kier molecular flexibility index (Phi) is 2.52. The van der Waals surface area contributed by atoms with Crippen LogP contribution >= 0.6 is 0 Å². The quantitative estimate of drug-likeness (QED) is 0.834. The number of fused-ring (bicyclic) bond motifs is 1. The summed E-state index contributed by atoms with van der Waals surface area (Å²) in [5.41, 5.74) is 2.27. The molecule has 0 radical (unpaired) electrons. The number of hydrogen-bond donors (Lipinski definition) is 1. The van der Waals surface area contributed by atoms with Gasteiger partial charge in [0.2, 0.25) is 0 Å². The summed E-state index contributed by atoms with van der Waals surface area (Å²) in [7, 11) is 1.88. The molecule has 0 spiro atoms. The zero-order valence-corrected chi connectivity index (χ0v) is 10.8. The Morgan fingerprint density at radius 2 is 2.11 bits per heavy atom. The SMILES string of the molecule is CC1CCC(O)(c2ccnn2C)c2ccccc21. The van der Waals surface area contributed by atoms with Crippen molar-refractivity contribution in [2.24, 2.45) is 7.05 Å². The van der Waals surface area contributed by atoms with Crippen LogP contribution in [0.4, 0.5) is 0 Å². The first-order chi connectivity index (χ1) is 8.63. The van der Waals surface area contributed by atoms with Crippen LogP contribution in [0.1, 0.15) is 42.5 Å². The Labute approximate surface area is 107 Å². The maximum Gasteiger partial charge on any atom is 0.131 e. The van der Waals surface area contributed by atoms with E-state index in [4.69, 9.17) is 0 Å². The fraction of sp³-hybridized carbons (Fsp3) is 0.400. The first-order valence-corrected chi connectivity index (χ1v) is 6.43. The topological polar surface area (TPSA) is 38.1 Å². The van der Waals surface area contributed by atoms with Crippen molar-refractivity contribution >= 4 is 0 Å². The van der Waals surface area contributed by atoms with Gasteiger partial charge in [0.15, 0.2) is 0 Å². The van der Waals surface area contributed by atoms with Crippen LogP contribution in [0.2, 0.25) is 0 Å². The molecule has 0 aliphatic heterocycles. The fourth-order valence-corrected chi connectivity index (χ4v) is 3.06. The third-order valence-electron chi connectivity index (χ3n) is 4.12. The van der Waals surface area contributed by atoms with Gasteiger partial charge in [0.25, 0.3) is 0 Å². The lowest BCUT2D eigenvalue weighted by atomic mass is 9.73. The predicted octanol–water partition coefficient (Wildman–Crippen LogP) is 2.55. The van der Waals surface area contributed by atoms with E-state index < -0.39 is 5.60 Å². The molecule has 1 aliphatic carbocycles. The zero-order chi connectivity index (χ0) is 12.8. The van der Waals surface area contributed by atoms with Crippen molar-refractivity contribution in [3.05, 3.63) is 53.3 Å². The lowest BCUT2D eigenvalue weighted by molar-refractivity contribution is 0.0497. The summed E-state index contributed by atoms with van der Waals surface area (Å²) >= 11 is 0. The van der Waals surface area contributed by atoms with Gasteiger partial charge in [-0.05, 0) is 36.0 Å². The Balaban J connectivity index is 2.20. The van der Waals surface area contributed by atoms with E-state index >= 15 is 0 Å². The molecule has 0 saturated carbocycles. The van der Waals surface area contributed by atoms with Crippen molar-refractivity contribution < 1.29 is 5.11 Å². The highest BCUT2D eigenvalue weighted by atomic mass is 16.3. The molecule has 3 nitrogen and oxygen atoms in total. The maximum atomic E-state index is 11.1. The van der Waals surface area contributed by atoms with E-state index in [2.05, 4.69) is 18.1 Å². The molecular formula is C15H18N2O. The minimum atomic E-state index is -0.894. The second kappa shape index (κ2) is 3.95. The van der Waals surface area contributed by atoms with Gasteiger partial charge < -0.3 is 5.11 Å². The Hall–Kier alpha value is -1.61. The standard InChI is InChI=1S/C15H18N2O/c1-11-7-9-15(18,14-8-10-16-17(14)2)13-6-4-3-5-12(11)13/h3-6,8,10-11,18H,7,9H2,1-2H3. The van der Waals surface area contributed by atoms with Crippen LogP contribution in [0.3, 0.4) is 0 Å². The van der Waals surface area contributed by atoms with Gasteiger partial charge in [0.05, 0.1) is 5.69 Å². The lowest BCUT2D eigenvalue weighted by Crippen LogP contribution is -2.34. The van der Waals surface area contributed by atoms with Gasteiger partial charge in [-0.15, -0.1) is 0 Å². The van der Waals surface area contributed by atoms with Crippen molar-refractivity contribution in [1.82, 2.24) is 9.78 Å². The number of aromatic nitrogens is 2. The largest absolute Gasteiger partial charge is 0.379 e. The summed E-state index contributed by atoms with van der Waals surface area (Å²) in [6.45, 7) is 2.22. The highest BCUT2D eigenvalue weighted by molar-refractivity contribution is 5.42. The van der Waals surface area contributed by atoms with Crippen molar-refractivity contribution in [3.8, 4) is 0 Å². The highest BCUT2D eigenvalue weighted by Crippen LogP contribution is 2.44. The summed E-state index contributed by atoms with van der Waals surface area (Å²) in [5.74, 6) is 0.509. The second-order valence-electron chi connectivity index (χ2n) is 5.23. The summed E-state index contributed by atoms with van der Waals surface area (Å²) in [6.07, 6.45) is 3.50. The van der Waals surface area contributed by atoms with E-state index in [1.807, 2.05) is 31.3 Å². The van der Waals surface area contributed by atoms with Crippen LogP contribution in [0.15, 0.2) is 36.5 Å². The normalized spacial score (nSPS) is 26.9. The van der Waals surface area contributed by atoms with E-state index in [1.54, 1.807) is 10.9 Å². The molecule has 2 aromatic rings. The van der Waals surface area contributed by atoms with Crippen molar-refractivity contribution in [2.45, 2.75) is 31.3 Å². The van der Waals surface area contributed by atoms with E-state index in [9.17, 15) is 5.11 Å². The molecule has 2 atom stereocenters. The molecule has 0 bridgehead atoms. The molecule has 1 aliphatic rings. The summed E-state index contributed by atoms with van der Waals surface area (Å²) in [5, 5.41) is 15.3. The highest BCUT2D eigenvalue weighted by Gasteiger charge is 2.39. The molecular weight excluding hydrogens is 224 g/mol. The predicted molar refractivity (Wildman–Crippen MR) is 70.3 cm³/mol. The maximum absolute atomic E-state index is 11.1. The number of nitrogens with zero attached hydrogens (tertiary/aromatic N) is 2. The Morgan fingerprint density at radius 1 is 1.33 bits per heavy atom. The monoisotopic (exact) mass is 242 g/mol. The van der Waals surface area contributed by atoms with Crippen molar-refractivity contribution in [1.29, 1.82) is 0 Å². The molecule has 1 N–H and O–H groups in total. The molecule has 3 heteroatoms. The van der Waals surface area contributed by atoms with E-state index in [0.717, 1.165) is 24.1 Å². The molecule has 0 saturated heterocycles. The fourth-order valence-electron chi connectivity index (χ4n) is 3.06. The third-order valence-corrected chi connectivity index (χ3v) is 4.12. The second-order valence-corrected chi connectivity index (χ2v) is 5.23. The molecule has 1 aromatic heterocycles. The number of hydrogen-bond acceptors (Lipinski definition) is 2. The first-order valence-electron chi connectivity index (χ1n) is 6.43. The van der Waals surface area contributed by atoms with Gasteiger partial charge in [0, 0.05) is 13.2 Å². The third kappa shape index (κ3) is 1.51. The van der Waals surface area contributed by atoms with Gasteiger partial charge in [-0.3, -0.25) is 4.68 Å². The van der Waals surface area contributed by atoms with Gasteiger partial charge in [-0.25, -0.2) is 0 Å². The minimum Gasteiger partial charge on any atom is -0.379 e. The van der Waals surface area contributed by atoms with Gasteiger partial charge in [-0.1, -0.05) is 31.2 Å². The zero-order valence-electron chi connectivity index (χ0n) is 10.8. The number of aliphatic hydroxyl groups is 1. The lowest BCUT2D eigenvalue weighted by Gasteiger charge is -2.37. The number of rotatable bonds is 1. The van der Waals surface area contributed by atoms with Gasteiger partial charge >= 0.3 is 0 Å². The van der Waals surface area contributed by atoms with E-state index in [0.29, 0.717) is 5.92 Å². The van der Waals surface area contributed by atoms with E-state index in [1.165, 1.54) is 5.56 Å². The smallest absolute Gasteiger partial charge is 0.131 e. The van der Waals surface area contributed by atoms with Crippen LogP contribution in [0.5, 0.6) is 0 Å². The summed E-state index contributed by atoms with van der Waals surface area (Å²) in [6, 6.07) is 10.1. The van der Waals surface area contributed by atoms with Crippen LogP contribution in [0.25, 0.3) is 0 Å². The summed E-state index contributed by atoms with van der Waals surface area (Å²) < 4.78 is 1.77. The molecule has 1 aromatic carbocycles. The van der Waals surface area contributed by atoms with Gasteiger partial charge in [0.1, 0.15) is 5.60 Å². The van der Waals surface area contributed by atoms with Gasteiger partial charge in [-0.2, -0.15) is 5.10 Å². The van der Waals surface area contributed by atoms with Crippen LogP contribution in [-0.2, 0) is 12.6 Å². The molecule has 18 heavy (non-hydrogen) atoms. The first kappa shape index (κ1) is 11.5. The molecule has 94 valence electrons. The molecule has 2 unspecified atom stereocenters. The average molecular weight is 242 g/mol. The number of benzene rings is 1. The van der Waals surface area contributed by atoms with Crippen LogP contribution in [0, 0.1) is 0 Å². The molecule has 0 fully saturated rings. The van der Waals surface area contributed by atoms with Crippen molar-refractivity contribution in [2.75, 3.05) is 0 Å². The molecule has 1 heterocycles. The van der Waals surface area contributed by atoms with Crippen LogP contribution in [-0.4, -0.2) is 14.9 Å². The van der Waals surface area contributed by atoms with Crippen LogP contribution < -0.4 is 0 Å². The number of aryl methyl sites for hydroxylation is 1. The Morgan fingerprint density at radius 3 is 2.83 bits per heavy atom. The molecule has 0 amide bonds. The van der Waals surface area contributed by atoms with E-state index in [-0.39, 0.29) is 0 Å². The van der Waals surface area contributed by atoms with Crippen molar-refractivity contribution in [3.63, 3.8) is 0 Å². The molecule has 3 rings (SSSR count). The Bertz CT molecular complexity index is 575. The average Bonchev–Trinajstić information content (AvgIpc) is 2.82.